The molecule has 0 bridgehead atoms. The Hall–Kier alpha value is -2.64. The SMILES string of the molecule is COc1ccc(CNCc2cccc(CNCc3ccc(OC)c(OC)c3)c2)cc1OC.Cl.Cl. The Morgan fingerprint density at radius 3 is 1.18 bits per heavy atom. The van der Waals surface area contributed by atoms with Gasteiger partial charge in [0.15, 0.2) is 23.0 Å². The summed E-state index contributed by atoms with van der Waals surface area (Å²) in [5.41, 5.74) is 4.79. The zero-order chi connectivity index (χ0) is 22.8. The first-order chi connectivity index (χ1) is 15.7. The fourth-order valence-electron chi connectivity index (χ4n) is 3.53. The summed E-state index contributed by atoms with van der Waals surface area (Å²) in [4.78, 5) is 0. The number of methoxy groups -OCH3 is 4. The Morgan fingerprint density at radius 2 is 0.824 bits per heavy atom. The monoisotopic (exact) mass is 508 g/mol. The zero-order valence-electron chi connectivity index (χ0n) is 20.1. The number of nitrogens with one attached hydrogen (secondary N) is 2. The maximum atomic E-state index is 5.38. The highest BCUT2D eigenvalue weighted by Gasteiger charge is 2.06. The molecule has 0 atom stereocenters. The Morgan fingerprint density at radius 1 is 0.471 bits per heavy atom. The van der Waals surface area contributed by atoms with E-state index in [1.165, 1.54) is 11.1 Å². The topological polar surface area (TPSA) is 61.0 Å². The molecule has 3 rings (SSSR count). The van der Waals surface area contributed by atoms with Crippen LogP contribution >= 0.6 is 24.8 Å². The van der Waals surface area contributed by atoms with Gasteiger partial charge in [0.1, 0.15) is 0 Å². The second kappa shape index (κ2) is 15.3. The van der Waals surface area contributed by atoms with Gasteiger partial charge in [-0.2, -0.15) is 0 Å². The van der Waals surface area contributed by atoms with E-state index in [0.29, 0.717) is 0 Å². The minimum absolute atomic E-state index is 0. The van der Waals surface area contributed by atoms with Gasteiger partial charge in [-0.25, -0.2) is 0 Å². The molecule has 186 valence electrons. The minimum atomic E-state index is 0. The summed E-state index contributed by atoms with van der Waals surface area (Å²) < 4.78 is 21.4. The van der Waals surface area contributed by atoms with Crippen LogP contribution in [-0.2, 0) is 26.2 Å². The van der Waals surface area contributed by atoms with Crippen molar-refractivity contribution in [2.24, 2.45) is 0 Å². The first-order valence-corrected chi connectivity index (χ1v) is 10.6. The lowest BCUT2D eigenvalue weighted by Gasteiger charge is -2.12. The molecule has 0 aliphatic carbocycles. The molecule has 0 aromatic heterocycles. The second-order valence-corrected chi connectivity index (χ2v) is 7.41. The van der Waals surface area contributed by atoms with Crippen molar-refractivity contribution in [3.63, 3.8) is 0 Å². The van der Waals surface area contributed by atoms with Crippen LogP contribution in [0.3, 0.4) is 0 Å². The van der Waals surface area contributed by atoms with Crippen molar-refractivity contribution in [3.05, 3.63) is 82.9 Å². The Kier molecular flexibility index (Phi) is 13.2. The molecule has 0 radical (unpaired) electrons. The zero-order valence-corrected chi connectivity index (χ0v) is 21.7. The van der Waals surface area contributed by atoms with Gasteiger partial charge in [0.05, 0.1) is 28.4 Å². The molecule has 0 aliphatic rings. The number of halogens is 2. The normalized spacial score (nSPS) is 10.0. The van der Waals surface area contributed by atoms with Crippen LogP contribution in [0.2, 0.25) is 0 Å². The lowest BCUT2D eigenvalue weighted by Crippen LogP contribution is -2.15. The van der Waals surface area contributed by atoms with E-state index in [9.17, 15) is 0 Å². The van der Waals surface area contributed by atoms with E-state index < -0.39 is 0 Å². The van der Waals surface area contributed by atoms with Crippen LogP contribution in [0.25, 0.3) is 0 Å². The molecule has 0 saturated heterocycles. The van der Waals surface area contributed by atoms with Crippen molar-refractivity contribution in [1.29, 1.82) is 0 Å². The molecule has 3 aromatic carbocycles. The summed E-state index contributed by atoms with van der Waals surface area (Å²) in [6.07, 6.45) is 0. The quantitative estimate of drug-likeness (QED) is 0.353. The van der Waals surface area contributed by atoms with Crippen LogP contribution < -0.4 is 29.6 Å². The van der Waals surface area contributed by atoms with E-state index >= 15 is 0 Å². The molecule has 2 N–H and O–H groups in total. The van der Waals surface area contributed by atoms with Crippen LogP contribution in [0.4, 0.5) is 0 Å². The maximum Gasteiger partial charge on any atom is 0.161 e. The standard InChI is InChI=1S/C26H32N2O4.2ClH/c1-29-23-10-8-21(13-25(23)31-3)17-27-15-19-6-5-7-20(12-19)16-28-18-22-9-11-24(30-2)26(14-22)32-4;;/h5-14,27-28H,15-18H2,1-4H3;2*1H. The van der Waals surface area contributed by atoms with Crippen molar-refractivity contribution in [1.82, 2.24) is 10.6 Å². The summed E-state index contributed by atoms with van der Waals surface area (Å²) in [6.45, 7) is 3.08. The molecule has 34 heavy (non-hydrogen) atoms. The Balaban J connectivity index is 0.00000289. The third kappa shape index (κ3) is 8.29. The van der Waals surface area contributed by atoms with Gasteiger partial charge in [0.25, 0.3) is 0 Å². The van der Waals surface area contributed by atoms with Crippen LogP contribution in [0, 0.1) is 0 Å². The lowest BCUT2D eigenvalue weighted by molar-refractivity contribution is 0.354. The highest BCUT2D eigenvalue weighted by atomic mass is 35.5. The molecular formula is C26H34Cl2N2O4. The van der Waals surface area contributed by atoms with E-state index in [2.05, 4.69) is 34.9 Å². The molecule has 0 spiro atoms. The van der Waals surface area contributed by atoms with E-state index in [1.807, 2.05) is 36.4 Å². The van der Waals surface area contributed by atoms with E-state index in [-0.39, 0.29) is 24.8 Å². The third-order valence-electron chi connectivity index (χ3n) is 5.20. The number of ether oxygens (including phenoxy) is 4. The van der Waals surface area contributed by atoms with Gasteiger partial charge >= 0.3 is 0 Å². The van der Waals surface area contributed by atoms with E-state index in [4.69, 9.17) is 18.9 Å². The summed E-state index contributed by atoms with van der Waals surface area (Å²) in [5, 5.41) is 6.99. The van der Waals surface area contributed by atoms with Gasteiger partial charge in [-0.15, -0.1) is 24.8 Å². The average Bonchev–Trinajstić information content (AvgIpc) is 2.84. The molecule has 6 nitrogen and oxygen atoms in total. The van der Waals surface area contributed by atoms with Gasteiger partial charge in [0.2, 0.25) is 0 Å². The summed E-state index contributed by atoms with van der Waals surface area (Å²) in [7, 11) is 6.59. The van der Waals surface area contributed by atoms with Crippen LogP contribution in [-0.4, -0.2) is 28.4 Å². The number of hydrogen-bond acceptors (Lipinski definition) is 6. The molecule has 0 unspecified atom stereocenters. The van der Waals surface area contributed by atoms with Crippen molar-refractivity contribution >= 4 is 24.8 Å². The molecule has 0 aliphatic heterocycles. The maximum absolute atomic E-state index is 5.38. The molecule has 0 heterocycles. The van der Waals surface area contributed by atoms with E-state index in [0.717, 1.165) is 60.3 Å². The van der Waals surface area contributed by atoms with Crippen molar-refractivity contribution in [3.8, 4) is 23.0 Å². The van der Waals surface area contributed by atoms with Gasteiger partial charge in [-0.05, 0) is 46.5 Å². The molecule has 3 aromatic rings. The summed E-state index contributed by atoms with van der Waals surface area (Å²) >= 11 is 0. The van der Waals surface area contributed by atoms with Crippen LogP contribution in [0.15, 0.2) is 60.7 Å². The summed E-state index contributed by atoms with van der Waals surface area (Å²) in [6, 6.07) is 20.6. The van der Waals surface area contributed by atoms with E-state index in [1.54, 1.807) is 28.4 Å². The number of rotatable bonds is 12. The van der Waals surface area contributed by atoms with Gasteiger partial charge in [-0.3, -0.25) is 0 Å². The predicted octanol–water partition coefficient (Wildman–Crippen LogP) is 5.14. The Bertz CT molecular complexity index is 941. The lowest BCUT2D eigenvalue weighted by atomic mass is 10.1. The minimum Gasteiger partial charge on any atom is -0.493 e. The van der Waals surface area contributed by atoms with Crippen molar-refractivity contribution in [2.45, 2.75) is 26.2 Å². The molecular weight excluding hydrogens is 475 g/mol. The first-order valence-electron chi connectivity index (χ1n) is 10.6. The Labute approximate surface area is 214 Å². The third-order valence-corrected chi connectivity index (χ3v) is 5.20. The second-order valence-electron chi connectivity index (χ2n) is 7.41. The smallest absolute Gasteiger partial charge is 0.161 e. The number of hydrogen-bond donors (Lipinski definition) is 2. The van der Waals surface area contributed by atoms with Crippen molar-refractivity contribution < 1.29 is 18.9 Å². The van der Waals surface area contributed by atoms with Crippen LogP contribution in [0.1, 0.15) is 22.3 Å². The molecule has 8 heteroatoms. The molecule has 0 fully saturated rings. The fourth-order valence-corrected chi connectivity index (χ4v) is 3.53. The van der Waals surface area contributed by atoms with Gasteiger partial charge < -0.3 is 29.6 Å². The first kappa shape index (κ1) is 29.4. The predicted molar refractivity (Wildman–Crippen MR) is 141 cm³/mol. The van der Waals surface area contributed by atoms with Crippen LogP contribution in [0.5, 0.6) is 23.0 Å². The van der Waals surface area contributed by atoms with Gasteiger partial charge in [0, 0.05) is 26.2 Å². The van der Waals surface area contributed by atoms with Crippen molar-refractivity contribution in [2.75, 3.05) is 28.4 Å². The summed E-state index contributed by atoms with van der Waals surface area (Å²) in [5.74, 6) is 2.97. The van der Waals surface area contributed by atoms with Gasteiger partial charge in [-0.1, -0.05) is 36.4 Å². The average molecular weight is 509 g/mol. The number of benzene rings is 3. The highest BCUT2D eigenvalue weighted by molar-refractivity contribution is 5.85. The largest absolute Gasteiger partial charge is 0.493 e. The molecule has 0 saturated carbocycles. The molecule has 0 amide bonds. The fraction of sp³-hybridized carbons (Fsp3) is 0.308. The highest BCUT2D eigenvalue weighted by Crippen LogP contribution is 2.28.